The minimum atomic E-state index is -0.736. The molecule has 0 aliphatic carbocycles. The van der Waals surface area contributed by atoms with Crippen LogP contribution < -0.4 is 5.73 Å². The van der Waals surface area contributed by atoms with Crippen LogP contribution in [0.15, 0.2) is 30.3 Å². The number of primary amides is 1. The van der Waals surface area contributed by atoms with Crippen molar-refractivity contribution in [1.82, 2.24) is 0 Å². The summed E-state index contributed by atoms with van der Waals surface area (Å²) in [5, 5.41) is 8.22. The highest BCUT2D eigenvalue weighted by Gasteiger charge is 2.27. The van der Waals surface area contributed by atoms with Gasteiger partial charge in [0.2, 0.25) is 0 Å². The smallest absolute Gasteiger partial charge is 0.405 e. The Balaban J connectivity index is 2.49. The zero-order chi connectivity index (χ0) is 16.8. The number of nitrogens with one attached hydrogen (secondary N) is 1. The Morgan fingerprint density at radius 3 is 2.27 bits per heavy atom. The van der Waals surface area contributed by atoms with E-state index in [4.69, 9.17) is 15.9 Å². The van der Waals surface area contributed by atoms with E-state index in [1.54, 1.807) is 0 Å². The van der Waals surface area contributed by atoms with Gasteiger partial charge in [0.1, 0.15) is 5.60 Å². The van der Waals surface area contributed by atoms with Gasteiger partial charge in [0, 0.05) is 12.1 Å². The molecule has 1 amide bonds. The van der Waals surface area contributed by atoms with Gasteiger partial charge in [0.05, 0.1) is 0 Å². The van der Waals surface area contributed by atoms with Gasteiger partial charge < -0.3 is 15.9 Å². The van der Waals surface area contributed by atoms with E-state index in [9.17, 15) is 4.79 Å². The predicted molar refractivity (Wildman–Crippen MR) is 90.3 cm³/mol. The molecule has 0 radical (unpaired) electrons. The first kappa shape index (κ1) is 18.2. The fourth-order valence-corrected chi connectivity index (χ4v) is 2.53. The zero-order valence-electron chi connectivity index (χ0n) is 14.1. The molecule has 0 unspecified atom stereocenters. The van der Waals surface area contributed by atoms with Crippen LogP contribution in [0, 0.1) is 10.8 Å². The molecule has 4 heteroatoms. The molecule has 0 saturated carbocycles. The van der Waals surface area contributed by atoms with Crippen LogP contribution in [-0.4, -0.2) is 17.4 Å². The maximum atomic E-state index is 10.9. The summed E-state index contributed by atoms with van der Waals surface area (Å²) in [5.41, 5.74) is 6.41. The molecule has 0 saturated heterocycles. The summed E-state index contributed by atoms with van der Waals surface area (Å²) in [4.78, 5) is 10.9. The first-order valence-electron chi connectivity index (χ1n) is 7.68. The van der Waals surface area contributed by atoms with E-state index in [1.165, 1.54) is 5.56 Å². The number of carbonyl (C=O) groups excluding carboxylic acids is 1. The second-order valence-corrected chi connectivity index (χ2v) is 7.29. The summed E-state index contributed by atoms with van der Waals surface area (Å²) in [6, 6.07) is 10.1. The van der Waals surface area contributed by atoms with E-state index in [1.807, 2.05) is 44.2 Å². The first-order chi connectivity index (χ1) is 10.1. The zero-order valence-corrected chi connectivity index (χ0v) is 14.1. The lowest BCUT2D eigenvalue weighted by molar-refractivity contribution is 0.0300. The van der Waals surface area contributed by atoms with E-state index in [2.05, 4.69) is 13.8 Å². The Kier molecular flexibility index (Phi) is 6.15. The molecule has 4 nitrogen and oxygen atoms in total. The SMILES string of the molecule is CC(C)(CCC(C)(C)OC(N)=O)CC(=N)Cc1ccccc1. The predicted octanol–water partition coefficient (Wildman–Crippen LogP) is 4.32. The molecular formula is C18H28N2O2. The molecule has 0 atom stereocenters. The summed E-state index contributed by atoms with van der Waals surface area (Å²) >= 11 is 0. The first-order valence-corrected chi connectivity index (χ1v) is 7.68. The second kappa shape index (κ2) is 7.43. The molecule has 0 spiro atoms. The highest BCUT2D eigenvalue weighted by atomic mass is 16.6. The van der Waals surface area contributed by atoms with Gasteiger partial charge in [-0.1, -0.05) is 44.2 Å². The van der Waals surface area contributed by atoms with Crippen molar-refractivity contribution in [2.75, 3.05) is 0 Å². The topological polar surface area (TPSA) is 76.2 Å². The monoisotopic (exact) mass is 304 g/mol. The normalized spacial score (nSPS) is 12.0. The van der Waals surface area contributed by atoms with Gasteiger partial charge in [0.25, 0.3) is 0 Å². The van der Waals surface area contributed by atoms with Crippen LogP contribution in [-0.2, 0) is 11.2 Å². The molecule has 0 aliphatic heterocycles. The largest absolute Gasteiger partial charge is 0.444 e. The lowest BCUT2D eigenvalue weighted by Crippen LogP contribution is -2.32. The van der Waals surface area contributed by atoms with E-state index in [0.717, 1.165) is 25.0 Å². The molecule has 122 valence electrons. The number of amides is 1. The Labute approximate surface area is 133 Å². The Hall–Kier alpha value is -1.84. The van der Waals surface area contributed by atoms with Crippen LogP contribution >= 0.6 is 0 Å². The molecule has 0 fully saturated rings. The van der Waals surface area contributed by atoms with Gasteiger partial charge in [-0.05, 0) is 44.1 Å². The van der Waals surface area contributed by atoms with E-state index in [-0.39, 0.29) is 5.41 Å². The number of carbonyl (C=O) groups is 1. The number of hydrogen-bond donors (Lipinski definition) is 2. The third-order valence-corrected chi connectivity index (χ3v) is 3.73. The third-order valence-electron chi connectivity index (χ3n) is 3.73. The highest BCUT2D eigenvalue weighted by molar-refractivity contribution is 5.84. The molecule has 0 bridgehead atoms. The van der Waals surface area contributed by atoms with Crippen molar-refractivity contribution in [3.05, 3.63) is 35.9 Å². The fourth-order valence-electron chi connectivity index (χ4n) is 2.53. The number of rotatable bonds is 8. The lowest BCUT2D eigenvalue weighted by Gasteiger charge is -2.31. The Bertz CT molecular complexity index is 507. The minimum Gasteiger partial charge on any atom is -0.444 e. The van der Waals surface area contributed by atoms with Crippen LogP contribution in [0.2, 0.25) is 0 Å². The van der Waals surface area contributed by atoms with Gasteiger partial charge in [-0.25, -0.2) is 4.79 Å². The lowest BCUT2D eigenvalue weighted by atomic mass is 9.79. The minimum absolute atomic E-state index is 0.00978. The van der Waals surface area contributed by atoms with Crippen molar-refractivity contribution in [1.29, 1.82) is 5.41 Å². The van der Waals surface area contributed by atoms with Crippen molar-refractivity contribution >= 4 is 11.8 Å². The van der Waals surface area contributed by atoms with Crippen LogP contribution in [0.4, 0.5) is 4.79 Å². The van der Waals surface area contributed by atoms with Gasteiger partial charge in [-0.15, -0.1) is 0 Å². The Morgan fingerprint density at radius 2 is 1.73 bits per heavy atom. The summed E-state index contributed by atoms with van der Waals surface area (Å²) in [7, 11) is 0. The van der Waals surface area contributed by atoms with Crippen molar-refractivity contribution in [2.45, 2.75) is 59.0 Å². The molecule has 1 aromatic rings. The van der Waals surface area contributed by atoms with Crippen LogP contribution in [0.1, 0.15) is 52.5 Å². The average molecular weight is 304 g/mol. The van der Waals surface area contributed by atoms with Gasteiger partial charge >= 0.3 is 6.09 Å². The maximum Gasteiger partial charge on any atom is 0.405 e. The maximum absolute atomic E-state index is 10.9. The number of ether oxygens (including phenoxy) is 1. The summed E-state index contributed by atoms with van der Waals surface area (Å²) in [6.07, 6.45) is 2.27. The summed E-state index contributed by atoms with van der Waals surface area (Å²) in [5.74, 6) is 0. The average Bonchev–Trinajstić information content (AvgIpc) is 2.35. The van der Waals surface area contributed by atoms with Gasteiger partial charge in [-0.2, -0.15) is 0 Å². The van der Waals surface area contributed by atoms with Crippen molar-refractivity contribution in [2.24, 2.45) is 11.1 Å². The molecule has 22 heavy (non-hydrogen) atoms. The van der Waals surface area contributed by atoms with E-state index < -0.39 is 11.7 Å². The van der Waals surface area contributed by atoms with Gasteiger partial charge in [0.15, 0.2) is 0 Å². The molecular weight excluding hydrogens is 276 g/mol. The van der Waals surface area contributed by atoms with E-state index >= 15 is 0 Å². The number of nitrogens with two attached hydrogens (primary N) is 1. The van der Waals surface area contributed by atoms with Gasteiger partial charge in [-0.3, -0.25) is 0 Å². The van der Waals surface area contributed by atoms with Crippen LogP contribution in [0.5, 0.6) is 0 Å². The molecule has 0 heterocycles. The van der Waals surface area contributed by atoms with Crippen molar-refractivity contribution in [3.8, 4) is 0 Å². The molecule has 1 rings (SSSR count). The van der Waals surface area contributed by atoms with E-state index in [0.29, 0.717) is 6.42 Å². The molecule has 0 aromatic heterocycles. The fraction of sp³-hybridized carbons (Fsp3) is 0.556. The van der Waals surface area contributed by atoms with Crippen molar-refractivity contribution < 1.29 is 9.53 Å². The molecule has 1 aromatic carbocycles. The van der Waals surface area contributed by atoms with Crippen LogP contribution in [0.3, 0.4) is 0 Å². The molecule has 3 N–H and O–H groups in total. The highest BCUT2D eigenvalue weighted by Crippen LogP contribution is 2.31. The van der Waals surface area contributed by atoms with Crippen LogP contribution in [0.25, 0.3) is 0 Å². The second-order valence-electron chi connectivity index (χ2n) is 7.29. The Morgan fingerprint density at radius 1 is 1.14 bits per heavy atom. The summed E-state index contributed by atoms with van der Waals surface area (Å²) in [6.45, 7) is 8.02. The van der Waals surface area contributed by atoms with Crippen molar-refractivity contribution in [3.63, 3.8) is 0 Å². The number of hydrogen-bond acceptors (Lipinski definition) is 3. The number of benzene rings is 1. The quantitative estimate of drug-likeness (QED) is 0.702. The molecule has 0 aliphatic rings. The summed E-state index contributed by atoms with van der Waals surface area (Å²) < 4.78 is 5.12. The standard InChI is InChI=1S/C18H28N2O2/c1-17(2,10-11-18(3,4)22-16(20)21)13-15(19)12-14-8-6-5-7-9-14/h5-9,19H,10-13H2,1-4H3,(H2,20,21). The third kappa shape index (κ3) is 7.25.